The lowest BCUT2D eigenvalue weighted by molar-refractivity contribution is 0.0643. The van der Waals surface area contributed by atoms with Crippen LogP contribution in [0.1, 0.15) is 25.2 Å². The number of imidazole rings is 1. The first-order valence-corrected chi connectivity index (χ1v) is 7.32. The second-order valence-corrected chi connectivity index (χ2v) is 5.21. The molecule has 0 amide bonds. The van der Waals surface area contributed by atoms with E-state index in [-0.39, 0.29) is 6.10 Å². The topological polar surface area (TPSA) is 27.1 Å². The van der Waals surface area contributed by atoms with Crippen molar-refractivity contribution in [3.8, 4) is 0 Å². The molecular formula is C15H21ClN2O. The highest BCUT2D eigenvalue weighted by molar-refractivity contribution is 6.17. The summed E-state index contributed by atoms with van der Waals surface area (Å²) in [6.45, 7) is 7.77. The summed E-state index contributed by atoms with van der Waals surface area (Å²) >= 11 is 5.88. The standard InChI is InChI=1S/C15H21ClN2O/c1-4-19-12(3)10-18-14-9-11(2)5-6-13(14)17-15(18)7-8-16/h5-6,9,12H,4,7-8,10H2,1-3H3. The lowest BCUT2D eigenvalue weighted by Gasteiger charge is -2.15. The molecule has 19 heavy (non-hydrogen) atoms. The van der Waals surface area contributed by atoms with Crippen molar-refractivity contribution in [2.45, 2.75) is 39.8 Å². The highest BCUT2D eigenvalue weighted by Crippen LogP contribution is 2.19. The molecular weight excluding hydrogens is 260 g/mol. The van der Waals surface area contributed by atoms with E-state index in [1.54, 1.807) is 0 Å². The van der Waals surface area contributed by atoms with Gasteiger partial charge in [-0.15, -0.1) is 11.6 Å². The average Bonchev–Trinajstić information content (AvgIpc) is 2.68. The Hall–Kier alpha value is -1.06. The Morgan fingerprint density at radius 3 is 2.89 bits per heavy atom. The molecule has 2 aromatic rings. The summed E-state index contributed by atoms with van der Waals surface area (Å²) < 4.78 is 7.89. The van der Waals surface area contributed by atoms with Gasteiger partial charge in [0.25, 0.3) is 0 Å². The zero-order valence-electron chi connectivity index (χ0n) is 11.8. The van der Waals surface area contributed by atoms with Crippen LogP contribution in [0.5, 0.6) is 0 Å². The Morgan fingerprint density at radius 2 is 2.21 bits per heavy atom. The van der Waals surface area contributed by atoms with Crippen LogP contribution in [0.15, 0.2) is 18.2 Å². The van der Waals surface area contributed by atoms with E-state index in [1.165, 1.54) is 11.1 Å². The quantitative estimate of drug-likeness (QED) is 0.757. The number of hydrogen-bond acceptors (Lipinski definition) is 2. The Kier molecular flexibility index (Phi) is 4.83. The smallest absolute Gasteiger partial charge is 0.111 e. The number of ether oxygens (including phenoxy) is 1. The van der Waals surface area contributed by atoms with Gasteiger partial charge in [-0.05, 0) is 38.5 Å². The van der Waals surface area contributed by atoms with Gasteiger partial charge in [0.15, 0.2) is 0 Å². The number of aromatic nitrogens is 2. The molecule has 1 unspecified atom stereocenters. The van der Waals surface area contributed by atoms with Crippen LogP contribution in [0, 0.1) is 6.92 Å². The van der Waals surface area contributed by atoms with Gasteiger partial charge in [0.1, 0.15) is 5.82 Å². The summed E-state index contributed by atoms with van der Waals surface area (Å²) in [4.78, 5) is 4.68. The molecule has 0 aliphatic carbocycles. The van der Waals surface area contributed by atoms with E-state index in [0.29, 0.717) is 5.88 Å². The number of rotatable bonds is 6. The molecule has 0 saturated heterocycles. The van der Waals surface area contributed by atoms with E-state index in [4.69, 9.17) is 16.3 Å². The van der Waals surface area contributed by atoms with Crippen LogP contribution in [0.3, 0.4) is 0 Å². The summed E-state index contributed by atoms with van der Waals surface area (Å²) in [5.74, 6) is 1.63. The Bertz CT molecular complexity index is 550. The fourth-order valence-corrected chi connectivity index (χ4v) is 2.53. The molecule has 4 heteroatoms. The van der Waals surface area contributed by atoms with Gasteiger partial charge in [0.05, 0.1) is 23.7 Å². The fraction of sp³-hybridized carbons (Fsp3) is 0.533. The first-order valence-electron chi connectivity index (χ1n) is 6.79. The van der Waals surface area contributed by atoms with Crippen LogP contribution in [0.25, 0.3) is 11.0 Å². The molecule has 3 nitrogen and oxygen atoms in total. The van der Waals surface area contributed by atoms with Gasteiger partial charge in [-0.2, -0.15) is 0 Å². The first-order chi connectivity index (χ1) is 9.15. The maximum atomic E-state index is 5.88. The Balaban J connectivity index is 2.41. The maximum absolute atomic E-state index is 5.88. The minimum Gasteiger partial charge on any atom is -0.377 e. The molecule has 1 atom stereocenters. The van der Waals surface area contributed by atoms with Crippen LogP contribution >= 0.6 is 11.6 Å². The molecule has 0 fully saturated rings. The van der Waals surface area contributed by atoms with E-state index >= 15 is 0 Å². The van der Waals surface area contributed by atoms with Crippen molar-refractivity contribution < 1.29 is 4.74 Å². The van der Waals surface area contributed by atoms with Crippen molar-refractivity contribution in [3.05, 3.63) is 29.6 Å². The molecule has 1 aromatic carbocycles. The third kappa shape index (κ3) is 3.28. The normalized spacial score (nSPS) is 13.1. The lowest BCUT2D eigenvalue weighted by Crippen LogP contribution is -2.18. The van der Waals surface area contributed by atoms with Crippen LogP contribution in [0.4, 0.5) is 0 Å². The predicted molar refractivity (Wildman–Crippen MR) is 80.0 cm³/mol. The third-order valence-electron chi connectivity index (χ3n) is 3.19. The van der Waals surface area contributed by atoms with Gasteiger partial charge in [-0.1, -0.05) is 6.07 Å². The van der Waals surface area contributed by atoms with E-state index in [9.17, 15) is 0 Å². The summed E-state index contributed by atoms with van der Waals surface area (Å²) in [6, 6.07) is 6.35. The lowest BCUT2D eigenvalue weighted by atomic mass is 10.2. The number of fused-ring (bicyclic) bond motifs is 1. The van der Waals surface area contributed by atoms with Gasteiger partial charge in [-0.3, -0.25) is 0 Å². The SMILES string of the molecule is CCOC(C)Cn1c(CCCl)nc2ccc(C)cc21. The van der Waals surface area contributed by atoms with Crippen molar-refractivity contribution in [1.82, 2.24) is 9.55 Å². The van der Waals surface area contributed by atoms with Gasteiger partial charge in [0.2, 0.25) is 0 Å². The zero-order valence-corrected chi connectivity index (χ0v) is 12.6. The van der Waals surface area contributed by atoms with E-state index in [0.717, 1.165) is 30.9 Å². The fourth-order valence-electron chi connectivity index (χ4n) is 2.36. The van der Waals surface area contributed by atoms with E-state index in [2.05, 4.69) is 41.6 Å². The van der Waals surface area contributed by atoms with Gasteiger partial charge in [-0.25, -0.2) is 4.98 Å². The molecule has 1 heterocycles. The number of aryl methyl sites for hydroxylation is 2. The van der Waals surface area contributed by atoms with Crippen LogP contribution < -0.4 is 0 Å². The average molecular weight is 281 g/mol. The van der Waals surface area contributed by atoms with Gasteiger partial charge in [0, 0.05) is 18.9 Å². The van der Waals surface area contributed by atoms with Gasteiger partial charge >= 0.3 is 0 Å². The summed E-state index contributed by atoms with van der Waals surface area (Å²) in [7, 11) is 0. The first kappa shape index (κ1) is 14.4. The number of halogens is 1. The highest BCUT2D eigenvalue weighted by Gasteiger charge is 2.13. The number of hydrogen-bond donors (Lipinski definition) is 0. The minimum absolute atomic E-state index is 0.178. The molecule has 0 saturated carbocycles. The summed E-state index contributed by atoms with van der Waals surface area (Å²) in [5.41, 5.74) is 3.45. The van der Waals surface area contributed by atoms with Crippen LogP contribution in [-0.2, 0) is 17.7 Å². The molecule has 1 aromatic heterocycles. The Morgan fingerprint density at radius 1 is 1.42 bits per heavy atom. The highest BCUT2D eigenvalue weighted by atomic mass is 35.5. The molecule has 2 rings (SSSR count). The summed E-state index contributed by atoms with van der Waals surface area (Å²) in [6.07, 6.45) is 0.964. The molecule has 0 N–H and O–H groups in total. The van der Waals surface area contributed by atoms with Crippen molar-refractivity contribution in [1.29, 1.82) is 0 Å². The van der Waals surface area contributed by atoms with Crippen LogP contribution in [0.2, 0.25) is 0 Å². The van der Waals surface area contributed by atoms with Crippen molar-refractivity contribution in [2.24, 2.45) is 0 Å². The Labute approximate surface area is 119 Å². The van der Waals surface area contributed by atoms with Crippen molar-refractivity contribution in [3.63, 3.8) is 0 Å². The molecule has 0 spiro atoms. The largest absolute Gasteiger partial charge is 0.377 e. The number of nitrogens with zero attached hydrogens (tertiary/aromatic N) is 2. The molecule has 0 aliphatic heterocycles. The molecule has 0 radical (unpaired) electrons. The number of alkyl halides is 1. The minimum atomic E-state index is 0.178. The zero-order chi connectivity index (χ0) is 13.8. The molecule has 0 bridgehead atoms. The monoisotopic (exact) mass is 280 g/mol. The van der Waals surface area contributed by atoms with Crippen molar-refractivity contribution >= 4 is 22.6 Å². The summed E-state index contributed by atoms with van der Waals surface area (Å²) in [5, 5.41) is 0. The predicted octanol–water partition coefficient (Wildman–Crippen LogP) is 3.55. The third-order valence-corrected chi connectivity index (χ3v) is 3.38. The second kappa shape index (κ2) is 6.40. The maximum Gasteiger partial charge on any atom is 0.111 e. The van der Waals surface area contributed by atoms with E-state index in [1.807, 2.05) is 6.92 Å². The second-order valence-electron chi connectivity index (χ2n) is 4.84. The van der Waals surface area contributed by atoms with Crippen LogP contribution in [-0.4, -0.2) is 28.1 Å². The molecule has 104 valence electrons. The van der Waals surface area contributed by atoms with E-state index < -0.39 is 0 Å². The van der Waals surface area contributed by atoms with Crippen molar-refractivity contribution in [2.75, 3.05) is 12.5 Å². The molecule has 0 aliphatic rings. The number of benzene rings is 1. The van der Waals surface area contributed by atoms with Gasteiger partial charge < -0.3 is 9.30 Å².